The standard InChI is InChI=1S/C15H16BrNO3/c1-10(18)13-7-6-11(16)8-14(13)20-9-12-4-3-5-15(17-12)19-2/h3-8,10,18H,9H2,1-2H3/t10-/m0/s1. The van der Waals surface area contributed by atoms with Crippen molar-refractivity contribution in [3.05, 3.63) is 52.1 Å². The van der Waals surface area contributed by atoms with Crippen molar-refractivity contribution in [2.24, 2.45) is 0 Å². The van der Waals surface area contributed by atoms with Crippen molar-refractivity contribution in [1.82, 2.24) is 4.98 Å². The van der Waals surface area contributed by atoms with Crippen molar-refractivity contribution in [3.8, 4) is 11.6 Å². The molecule has 5 heteroatoms. The largest absolute Gasteiger partial charge is 0.487 e. The monoisotopic (exact) mass is 337 g/mol. The van der Waals surface area contributed by atoms with E-state index in [1.807, 2.05) is 30.3 Å². The van der Waals surface area contributed by atoms with Crippen LogP contribution in [0.25, 0.3) is 0 Å². The van der Waals surface area contributed by atoms with Gasteiger partial charge < -0.3 is 14.6 Å². The summed E-state index contributed by atoms with van der Waals surface area (Å²) >= 11 is 3.40. The fourth-order valence-corrected chi connectivity index (χ4v) is 2.12. The maximum absolute atomic E-state index is 9.74. The van der Waals surface area contributed by atoms with Crippen LogP contribution in [0.4, 0.5) is 0 Å². The van der Waals surface area contributed by atoms with E-state index in [1.54, 1.807) is 20.1 Å². The lowest BCUT2D eigenvalue weighted by Gasteiger charge is -2.14. The van der Waals surface area contributed by atoms with Crippen LogP contribution in [0, 0.1) is 0 Å². The van der Waals surface area contributed by atoms with Gasteiger partial charge in [0.25, 0.3) is 0 Å². The van der Waals surface area contributed by atoms with E-state index in [9.17, 15) is 5.11 Å². The molecule has 1 aromatic heterocycles. The molecule has 0 bridgehead atoms. The fraction of sp³-hybridized carbons (Fsp3) is 0.267. The van der Waals surface area contributed by atoms with Gasteiger partial charge in [0.15, 0.2) is 0 Å². The molecule has 2 aromatic rings. The number of pyridine rings is 1. The van der Waals surface area contributed by atoms with Gasteiger partial charge in [-0.15, -0.1) is 0 Å². The molecule has 0 aliphatic carbocycles. The van der Waals surface area contributed by atoms with Gasteiger partial charge in [-0.2, -0.15) is 0 Å². The molecule has 0 spiro atoms. The average molecular weight is 338 g/mol. The average Bonchev–Trinajstić information content (AvgIpc) is 2.45. The van der Waals surface area contributed by atoms with Crippen LogP contribution in [0.2, 0.25) is 0 Å². The molecular weight excluding hydrogens is 322 g/mol. The first kappa shape index (κ1) is 14.8. The summed E-state index contributed by atoms with van der Waals surface area (Å²) in [6, 6.07) is 11.1. The van der Waals surface area contributed by atoms with Crippen molar-refractivity contribution < 1.29 is 14.6 Å². The van der Waals surface area contributed by atoms with Crippen LogP contribution in [0.3, 0.4) is 0 Å². The summed E-state index contributed by atoms with van der Waals surface area (Å²) in [7, 11) is 1.58. The highest BCUT2D eigenvalue weighted by Gasteiger charge is 2.10. The predicted octanol–water partition coefficient (Wildman–Crippen LogP) is 3.49. The van der Waals surface area contributed by atoms with Crippen molar-refractivity contribution >= 4 is 15.9 Å². The normalized spacial score (nSPS) is 12.0. The van der Waals surface area contributed by atoms with Crippen LogP contribution in [0.15, 0.2) is 40.9 Å². The fourth-order valence-electron chi connectivity index (χ4n) is 1.78. The molecule has 0 aliphatic heterocycles. The van der Waals surface area contributed by atoms with Crippen molar-refractivity contribution in [3.63, 3.8) is 0 Å². The Balaban J connectivity index is 2.15. The third-order valence-corrected chi connectivity index (χ3v) is 3.28. The maximum atomic E-state index is 9.74. The van der Waals surface area contributed by atoms with E-state index >= 15 is 0 Å². The molecule has 0 saturated heterocycles. The van der Waals surface area contributed by atoms with Crippen LogP contribution in [-0.4, -0.2) is 17.2 Å². The number of hydrogen-bond donors (Lipinski definition) is 1. The van der Waals surface area contributed by atoms with E-state index < -0.39 is 6.10 Å². The molecule has 1 atom stereocenters. The van der Waals surface area contributed by atoms with E-state index in [1.165, 1.54) is 0 Å². The van der Waals surface area contributed by atoms with E-state index in [0.717, 1.165) is 15.7 Å². The summed E-state index contributed by atoms with van der Waals surface area (Å²) in [6.45, 7) is 2.02. The minimum absolute atomic E-state index is 0.313. The third-order valence-electron chi connectivity index (χ3n) is 2.79. The zero-order chi connectivity index (χ0) is 14.5. The number of benzene rings is 1. The Kier molecular flexibility index (Phi) is 4.98. The quantitative estimate of drug-likeness (QED) is 0.907. The highest BCUT2D eigenvalue weighted by atomic mass is 79.9. The van der Waals surface area contributed by atoms with Crippen LogP contribution in [0.5, 0.6) is 11.6 Å². The van der Waals surface area contributed by atoms with Gasteiger partial charge in [-0.3, -0.25) is 0 Å². The van der Waals surface area contributed by atoms with Gasteiger partial charge >= 0.3 is 0 Å². The SMILES string of the molecule is COc1cccc(COc2cc(Br)ccc2[C@H](C)O)n1. The van der Waals surface area contributed by atoms with Gasteiger partial charge in [-0.25, -0.2) is 4.98 Å². The van der Waals surface area contributed by atoms with Gasteiger partial charge in [0.05, 0.1) is 18.9 Å². The summed E-state index contributed by atoms with van der Waals surface area (Å²) in [5.41, 5.74) is 1.51. The lowest BCUT2D eigenvalue weighted by molar-refractivity contribution is 0.189. The molecule has 2 rings (SSSR count). The first-order valence-corrected chi connectivity index (χ1v) is 6.99. The first-order valence-electron chi connectivity index (χ1n) is 6.20. The highest BCUT2D eigenvalue weighted by molar-refractivity contribution is 9.10. The Bertz CT molecular complexity index is 587. The van der Waals surface area contributed by atoms with Gasteiger partial charge in [-0.1, -0.05) is 28.1 Å². The molecule has 1 heterocycles. The van der Waals surface area contributed by atoms with Gasteiger partial charge in [0.2, 0.25) is 5.88 Å². The Hall–Kier alpha value is -1.59. The zero-order valence-electron chi connectivity index (χ0n) is 11.3. The summed E-state index contributed by atoms with van der Waals surface area (Å²) in [5, 5.41) is 9.74. The Morgan fingerprint density at radius 1 is 1.30 bits per heavy atom. The van der Waals surface area contributed by atoms with E-state index in [-0.39, 0.29) is 0 Å². The molecule has 0 amide bonds. The number of aromatic nitrogens is 1. The number of aliphatic hydroxyl groups excluding tert-OH is 1. The number of nitrogens with zero attached hydrogens (tertiary/aromatic N) is 1. The number of hydrogen-bond acceptors (Lipinski definition) is 4. The number of ether oxygens (including phenoxy) is 2. The van der Waals surface area contributed by atoms with Crippen molar-refractivity contribution in [2.75, 3.05) is 7.11 Å². The smallest absolute Gasteiger partial charge is 0.213 e. The highest BCUT2D eigenvalue weighted by Crippen LogP contribution is 2.29. The lowest BCUT2D eigenvalue weighted by Crippen LogP contribution is -2.03. The molecule has 4 nitrogen and oxygen atoms in total. The summed E-state index contributed by atoms with van der Waals surface area (Å²) < 4.78 is 11.7. The molecule has 0 aliphatic rings. The number of rotatable bonds is 5. The summed E-state index contributed by atoms with van der Waals surface area (Å²) in [4.78, 5) is 4.28. The van der Waals surface area contributed by atoms with Crippen LogP contribution >= 0.6 is 15.9 Å². The topological polar surface area (TPSA) is 51.6 Å². The Morgan fingerprint density at radius 3 is 2.80 bits per heavy atom. The van der Waals surface area contributed by atoms with Crippen molar-refractivity contribution in [1.29, 1.82) is 0 Å². The molecular formula is C15H16BrNO3. The molecule has 1 aromatic carbocycles. The van der Waals surface area contributed by atoms with Gasteiger partial charge in [0, 0.05) is 16.1 Å². The number of aliphatic hydroxyl groups is 1. The van der Waals surface area contributed by atoms with E-state index in [0.29, 0.717) is 18.2 Å². The second kappa shape index (κ2) is 6.72. The van der Waals surface area contributed by atoms with Crippen molar-refractivity contribution in [2.45, 2.75) is 19.6 Å². The van der Waals surface area contributed by atoms with E-state index in [2.05, 4.69) is 20.9 Å². The first-order chi connectivity index (χ1) is 9.60. The van der Waals surface area contributed by atoms with E-state index in [4.69, 9.17) is 9.47 Å². The predicted molar refractivity (Wildman–Crippen MR) is 79.9 cm³/mol. The second-order valence-electron chi connectivity index (χ2n) is 4.32. The summed E-state index contributed by atoms with van der Waals surface area (Å²) in [6.07, 6.45) is -0.587. The molecule has 0 radical (unpaired) electrons. The van der Waals surface area contributed by atoms with Crippen LogP contribution in [-0.2, 0) is 6.61 Å². The minimum Gasteiger partial charge on any atom is -0.487 e. The molecule has 106 valence electrons. The second-order valence-corrected chi connectivity index (χ2v) is 5.23. The Labute approximate surface area is 126 Å². The number of halogens is 1. The maximum Gasteiger partial charge on any atom is 0.213 e. The van der Waals surface area contributed by atoms with Crippen LogP contribution in [0.1, 0.15) is 24.3 Å². The Morgan fingerprint density at radius 2 is 2.10 bits per heavy atom. The molecule has 1 N–H and O–H groups in total. The summed E-state index contributed by atoms with van der Waals surface area (Å²) in [5.74, 6) is 1.19. The zero-order valence-corrected chi connectivity index (χ0v) is 12.9. The lowest BCUT2D eigenvalue weighted by atomic mass is 10.1. The molecule has 20 heavy (non-hydrogen) atoms. The molecule has 0 saturated carbocycles. The van der Waals surface area contributed by atoms with Gasteiger partial charge in [-0.05, 0) is 25.1 Å². The molecule has 0 unspecified atom stereocenters. The minimum atomic E-state index is -0.587. The molecule has 0 fully saturated rings. The van der Waals surface area contributed by atoms with Crippen LogP contribution < -0.4 is 9.47 Å². The number of methoxy groups -OCH3 is 1. The third kappa shape index (κ3) is 3.71. The van der Waals surface area contributed by atoms with Gasteiger partial charge in [0.1, 0.15) is 12.4 Å².